The van der Waals surface area contributed by atoms with Gasteiger partial charge in [-0.25, -0.2) is 0 Å². The normalized spacial score (nSPS) is 32.7. The van der Waals surface area contributed by atoms with Gasteiger partial charge in [-0.1, -0.05) is 37.3 Å². The summed E-state index contributed by atoms with van der Waals surface area (Å²) in [6, 6.07) is 11.2. The molecule has 2 aliphatic heterocycles. The van der Waals surface area contributed by atoms with E-state index >= 15 is 0 Å². The maximum Gasteiger partial charge on any atom is 0.225 e. The molecule has 0 aliphatic carbocycles. The highest BCUT2D eigenvalue weighted by Crippen LogP contribution is 2.33. The van der Waals surface area contributed by atoms with Gasteiger partial charge < -0.3 is 10.2 Å². The largest absolute Gasteiger partial charge is 0.342 e. The minimum atomic E-state index is 0.233. The van der Waals surface area contributed by atoms with Crippen molar-refractivity contribution in [2.75, 3.05) is 19.6 Å². The molecule has 2 saturated heterocycles. The summed E-state index contributed by atoms with van der Waals surface area (Å²) in [5.74, 6) is 1.76. The van der Waals surface area contributed by atoms with Crippen molar-refractivity contribution in [3.8, 4) is 0 Å². The van der Waals surface area contributed by atoms with Gasteiger partial charge in [0.2, 0.25) is 5.91 Å². The molecule has 2 fully saturated rings. The van der Waals surface area contributed by atoms with Crippen molar-refractivity contribution in [3.63, 3.8) is 0 Å². The monoisotopic (exact) mass is 300 g/mol. The first kappa shape index (κ1) is 15.5. The average Bonchev–Trinajstić information content (AvgIpc) is 2.55. The lowest BCUT2D eigenvalue weighted by molar-refractivity contribution is -0.138. The first-order chi connectivity index (χ1) is 10.6. The molecule has 1 aromatic carbocycles. The van der Waals surface area contributed by atoms with Crippen molar-refractivity contribution >= 4 is 5.91 Å². The van der Waals surface area contributed by atoms with Gasteiger partial charge >= 0.3 is 0 Å². The third-order valence-electron chi connectivity index (χ3n) is 5.42. The van der Waals surface area contributed by atoms with Crippen LogP contribution in [0.15, 0.2) is 30.3 Å². The Morgan fingerprint density at radius 2 is 1.95 bits per heavy atom. The Hall–Kier alpha value is -1.35. The van der Waals surface area contributed by atoms with Crippen molar-refractivity contribution < 1.29 is 4.79 Å². The molecule has 0 saturated carbocycles. The summed E-state index contributed by atoms with van der Waals surface area (Å²) >= 11 is 0. The fourth-order valence-corrected chi connectivity index (χ4v) is 4.16. The zero-order valence-corrected chi connectivity index (χ0v) is 13.8. The number of carbonyl (C=O) groups is 1. The number of rotatable bonds is 2. The third-order valence-corrected chi connectivity index (χ3v) is 5.42. The molecule has 4 atom stereocenters. The standard InChI is InChI=1S/C19H28N2O/c1-14-13-21(19(22)17-8-10-20-15(2)12-17)11-9-18(14)16-6-4-3-5-7-16/h3-7,14-15,17-18,20H,8-13H2,1-2H3/t14?,15-,17-,18?/m0/s1. The van der Waals surface area contributed by atoms with E-state index in [1.807, 2.05) is 0 Å². The van der Waals surface area contributed by atoms with Crippen molar-refractivity contribution in [1.82, 2.24) is 10.2 Å². The molecule has 2 aliphatic rings. The molecule has 120 valence electrons. The summed E-state index contributed by atoms with van der Waals surface area (Å²) in [4.78, 5) is 14.9. The molecular weight excluding hydrogens is 272 g/mol. The number of hydrogen-bond donors (Lipinski definition) is 1. The first-order valence-electron chi connectivity index (χ1n) is 8.72. The van der Waals surface area contributed by atoms with Crippen LogP contribution in [-0.4, -0.2) is 36.5 Å². The fourth-order valence-electron chi connectivity index (χ4n) is 4.16. The summed E-state index contributed by atoms with van der Waals surface area (Å²) < 4.78 is 0. The number of piperidine rings is 2. The predicted octanol–water partition coefficient (Wildman–Crippen LogP) is 3.03. The van der Waals surface area contributed by atoms with E-state index in [1.54, 1.807) is 0 Å². The van der Waals surface area contributed by atoms with Crippen LogP contribution in [0, 0.1) is 11.8 Å². The van der Waals surface area contributed by atoms with Gasteiger partial charge in [0.1, 0.15) is 0 Å². The van der Waals surface area contributed by atoms with Crippen LogP contribution < -0.4 is 5.32 Å². The summed E-state index contributed by atoms with van der Waals surface area (Å²) in [5, 5.41) is 3.44. The molecule has 0 radical (unpaired) electrons. The second kappa shape index (κ2) is 6.82. The smallest absolute Gasteiger partial charge is 0.225 e. The van der Waals surface area contributed by atoms with Crippen LogP contribution >= 0.6 is 0 Å². The highest BCUT2D eigenvalue weighted by atomic mass is 16.2. The van der Waals surface area contributed by atoms with E-state index in [1.165, 1.54) is 5.56 Å². The molecule has 2 heterocycles. The maximum atomic E-state index is 12.8. The Morgan fingerprint density at radius 3 is 2.64 bits per heavy atom. The molecule has 3 heteroatoms. The zero-order valence-electron chi connectivity index (χ0n) is 13.8. The summed E-state index contributed by atoms with van der Waals surface area (Å²) in [6.07, 6.45) is 3.08. The van der Waals surface area contributed by atoms with E-state index < -0.39 is 0 Å². The van der Waals surface area contributed by atoms with E-state index in [0.29, 0.717) is 23.8 Å². The fraction of sp³-hybridized carbons (Fsp3) is 0.632. The number of nitrogens with one attached hydrogen (secondary N) is 1. The number of hydrogen-bond acceptors (Lipinski definition) is 2. The first-order valence-corrected chi connectivity index (χ1v) is 8.72. The number of amides is 1. The molecule has 3 rings (SSSR count). The van der Waals surface area contributed by atoms with Crippen LogP contribution in [0.25, 0.3) is 0 Å². The lowest BCUT2D eigenvalue weighted by Gasteiger charge is -2.40. The lowest BCUT2D eigenvalue weighted by Crippen LogP contribution is -2.48. The second-order valence-corrected chi connectivity index (χ2v) is 7.14. The molecule has 0 spiro atoms. The van der Waals surface area contributed by atoms with E-state index in [0.717, 1.165) is 38.9 Å². The number of benzene rings is 1. The molecule has 3 nitrogen and oxygen atoms in total. The molecule has 0 bridgehead atoms. The van der Waals surface area contributed by atoms with E-state index in [-0.39, 0.29) is 5.92 Å². The summed E-state index contributed by atoms with van der Waals surface area (Å²) in [5.41, 5.74) is 1.43. The van der Waals surface area contributed by atoms with E-state index in [2.05, 4.69) is 54.4 Å². The minimum absolute atomic E-state index is 0.233. The lowest BCUT2D eigenvalue weighted by atomic mass is 9.81. The van der Waals surface area contributed by atoms with E-state index in [9.17, 15) is 4.79 Å². The van der Waals surface area contributed by atoms with Crippen LogP contribution in [-0.2, 0) is 4.79 Å². The Morgan fingerprint density at radius 1 is 1.18 bits per heavy atom. The Kier molecular flexibility index (Phi) is 4.82. The number of likely N-dealkylation sites (tertiary alicyclic amines) is 1. The topological polar surface area (TPSA) is 32.3 Å². The van der Waals surface area contributed by atoms with Crippen molar-refractivity contribution in [2.45, 2.75) is 45.1 Å². The maximum absolute atomic E-state index is 12.8. The van der Waals surface area contributed by atoms with Crippen LogP contribution in [0.5, 0.6) is 0 Å². The molecule has 1 amide bonds. The molecule has 0 aromatic heterocycles. The van der Waals surface area contributed by atoms with Gasteiger partial charge in [0.15, 0.2) is 0 Å². The third kappa shape index (κ3) is 3.35. The highest BCUT2D eigenvalue weighted by molar-refractivity contribution is 5.79. The van der Waals surface area contributed by atoms with Crippen molar-refractivity contribution in [1.29, 1.82) is 0 Å². The van der Waals surface area contributed by atoms with Crippen LogP contribution in [0.1, 0.15) is 44.6 Å². The Balaban J connectivity index is 1.61. The van der Waals surface area contributed by atoms with Gasteiger partial charge in [-0.3, -0.25) is 4.79 Å². The SMILES string of the molecule is CC1CN(C(=O)[C@H]2CCN[C@@H](C)C2)CCC1c1ccccc1. The average molecular weight is 300 g/mol. The van der Waals surface area contributed by atoms with Crippen LogP contribution in [0.2, 0.25) is 0 Å². The van der Waals surface area contributed by atoms with Gasteiger partial charge in [0, 0.05) is 25.0 Å². The molecule has 2 unspecified atom stereocenters. The number of nitrogens with zero attached hydrogens (tertiary/aromatic N) is 1. The molecule has 1 aromatic rings. The van der Waals surface area contributed by atoms with Crippen molar-refractivity contribution in [2.24, 2.45) is 11.8 Å². The Bertz CT molecular complexity index is 501. The number of carbonyl (C=O) groups excluding carboxylic acids is 1. The molecule has 1 N–H and O–H groups in total. The van der Waals surface area contributed by atoms with E-state index in [4.69, 9.17) is 0 Å². The van der Waals surface area contributed by atoms with Gasteiger partial charge in [0.05, 0.1) is 0 Å². The summed E-state index contributed by atoms with van der Waals surface area (Å²) in [6.45, 7) is 7.29. The van der Waals surface area contributed by atoms with Gasteiger partial charge in [-0.2, -0.15) is 0 Å². The van der Waals surface area contributed by atoms with Gasteiger partial charge in [0.25, 0.3) is 0 Å². The minimum Gasteiger partial charge on any atom is -0.342 e. The van der Waals surface area contributed by atoms with Gasteiger partial charge in [-0.15, -0.1) is 0 Å². The quantitative estimate of drug-likeness (QED) is 0.910. The molecule has 22 heavy (non-hydrogen) atoms. The Labute approximate surface area is 134 Å². The highest BCUT2D eigenvalue weighted by Gasteiger charge is 2.33. The van der Waals surface area contributed by atoms with Crippen LogP contribution in [0.4, 0.5) is 0 Å². The zero-order chi connectivity index (χ0) is 15.5. The van der Waals surface area contributed by atoms with Gasteiger partial charge in [-0.05, 0) is 50.1 Å². The summed E-state index contributed by atoms with van der Waals surface area (Å²) in [7, 11) is 0. The second-order valence-electron chi connectivity index (χ2n) is 7.14. The molecular formula is C19H28N2O. The van der Waals surface area contributed by atoms with Crippen molar-refractivity contribution in [3.05, 3.63) is 35.9 Å². The predicted molar refractivity (Wildman–Crippen MR) is 89.7 cm³/mol. The van der Waals surface area contributed by atoms with Crippen LogP contribution in [0.3, 0.4) is 0 Å².